The van der Waals surface area contributed by atoms with Crippen LogP contribution in [-0.4, -0.2) is 10.1 Å². The third-order valence-electron chi connectivity index (χ3n) is 1.58. The van der Waals surface area contributed by atoms with Gasteiger partial charge in [0.05, 0.1) is 11.1 Å². The second-order valence-corrected chi connectivity index (χ2v) is 2.80. The molecule has 2 aromatic rings. The summed E-state index contributed by atoms with van der Waals surface area (Å²) in [5, 5.41) is 14.3. The smallest absolute Gasteiger partial charge is 0.273 e. The van der Waals surface area contributed by atoms with E-state index in [4.69, 9.17) is 11.6 Å². The van der Waals surface area contributed by atoms with E-state index in [-0.39, 0.29) is 10.5 Å². The minimum absolute atomic E-state index is 0.0596. The molecule has 13 heavy (non-hydrogen) atoms. The fourth-order valence-corrected chi connectivity index (χ4v) is 1.14. The van der Waals surface area contributed by atoms with Crippen molar-refractivity contribution in [2.45, 2.75) is 0 Å². The number of halogens is 2. The molecule has 0 aliphatic carbocycles. The molecule has 0 spiro atoms. The Morgan fingerprint density at radius 2 is 2.23 bits per heavy atom. The first-order chi connectivity index (χ1) is 6.18. The van der Waals surface area contributed by atoms with E-state index in [2.05, 4.69) is 10.1 Å². The lowest BCUT2D eigenvalue weighted by Gasteiger charge is -1.98. The summed E-state index contributed by atoms with van der Waals surface area (Å²) in [6.07, 6.45) is 1.09. The van der Waals surface area contributed by atoms with E-state index in [0.717, 1.165) is 12.4 Å². The molecule has 0 unspecified atom stereocenters. The van der Waals surface area contributed by atoms with Crippen LogP contribution in [0.2, 0.25) is 5.02 Å². The van der Waals surface area contributed by atoms with Gasteiger partial charge in [-0.3, -0.25) is 0 Å². The molecule has 0 saturated heterocycles. The summed E-state index contributed by atoms with van der Waals surface area (Å²) < 4.78 is 12.9. The quantitative estimate of drug-likeness (QED) is 0.471. The van der Waals surface area contributed by atoms with Gasteiger partial charge >= 0.3 is 0 Å². The molecule has 0 N–H and O–H groups in total. The predicted molar refractivity (Wildman–Crippen MR) is 43.5 cm³/mol. The first-order valence-corrected chi connectivity index (χ1v) is 3.76. The summed E-state index contributed by atoms with van der Waals surface area (Å²) >= 11 is 5.49. The summed E-state index contributed by atoms with van der Waals surface area (Å²) in [5.41, 5.74) is 0.376. The maximum Gasteiger partial charge on any atom is 0.273 e. The van der Waals surface area contributed by atoms with Crippen LogP contribution in [0.1, 0.15) is 0 Å². The van der Waals surface area contributed by atoms with Crippen LogP contribution in [0.5, 0.6) is 0 Å². The summed E-state index contributed by atoms with van der Waals surface area (Å²) in [7, 11) is 0. The van der Waals surface area contributed by atoms with Crippen LogP contribution in [0.25, 0.3) is 11.0 Å². The minimum atomic E-state index is -0.659. The molecule has 0 radical (unpaired) electrons. The largest absolute Gasteiger partial charge is 0.594 e. The van der Waals surface area contributed by atoms with E-state index in [0.29, 0.717) is 10.4 Å². The molecule has 0 aliphatic heterocycles. The topological polar surface area (TPSA) is 52.7 Å². The summed E-state index contributed by atoms with van der Waals surface area (Å²) in [6, 6.07) is 2.28. The van der Waals surface area contributed by atoms with Crippen molar-refractivity contribution in [1.29, 1.82) is 0 Å². The van der Waals surface area contributed by atoms with E-state index in [9.17, 15) is 9.60 Å². The molecule has 2 rings (SSSR count). The third kappa shape index (κ3) is 1.27. The molecule has 6 heteroatoms. The second kappa shape index (κ2) is 2.77. The predicted octanol–water partition coefficient (Wildman–Crippen LogP) is 1.06. The van der Waals surface area contributed by atoms with Crippen LogP contribution in [-0.2, 0) is 0 Å². The molecule has 1 aromatic carbocycles. The number of aromatic nitrogens is 3. The van der Waals surface area contributed by atoms with Crippen molar-refractivity contribution in [3.05, 3.63) is 34.5 Å². The van der Waals surface area contributed by atoms with Gasteiger partial charge in [-0.15, -0.1) is 0 Å². The number of hydrogen-bond donors (Lipinski definition) is 0. The number of rotatable bonds is 0. The molecule has 1 aromatic heterocycles. The number of nitrogens with zero attached hydrogens (tertiary/aromatic N) is 3. The SMILES string of the molecule is [O-][n+]1ncnc2cc(Cl)c(F)cc21. The van der Waals surface area contributed by atoms with Crippen molar-refractivity contribution in [2.24, 2.45) is 0 Å². The molecular weight excluding hydrogens is 197 g/mol. The molecule has 0 fully saturated rings. The van der Waals surface area contributed by atoms with Gasteiger partial charge in [-0.05, 0) is 10.9 Å². The van der Waals surface area contributed by atoms with Crippen molar-refractivity contribution in [2.75, 3.05) is 0 Å². The first-order valence-electron chi connectivity index (χ1n) is 3.38. The van der Waals surface area contributed by atoms with Gasteiger partial charge in [-0.25, -0.2) is 9.37 Å². The van der Waals surface area contributed by atoms with Crippen LogP contribution in [0.4, 0.5) is 4.39 Å². The highest BCUT2D eigenvalue weighted by molar-refractivity contribution is 6.31. The van der Waals surface area contributed by atoms with Crippen LogP contribution in [0, 0.1) is 11.0 Å². The summed E-state index contributed by atoms with van der Waals surface area (Å²) in [5.74, 6) is -0.659. The van der Waals surface area contributed by atoms with Crippen molar-refractivity contribution < 1.29 is 9.24 Å². The highest BCUT2D eigenvalue weighted by Gasteiger charge is 2.10. The van der Waals surface area contributed by atoms with Gasteiger partial charge in [0.15, 0.2) is 6.33 Å². The summed E-state index contributed by atoms with van der Waals surface area (Å²) in [4.78, 5) is 4.05. The van der Waals surface area contributed by atoms with Crippen molar-refractivity contribution in [3.8, 4) is 0 Å². The maximum absolute atomic E-state index is 12.9. The Hall–Kier alpha value is -1.49. The summed E-state index contributed by atoms with van der Waals surface area (Å²) in [6.45, 7) is 0. The van der Waals surface area contributed by atoms with Crippen LogP contribution in [0.15, 0.2) is 18.5 Å². The van der Waals surface area contributed by atoms with E-state index in [1.165, 1.54) is 6.07 Å². The van der Waals surface area contributed by atoms with Crippen molar-refractivity contribution in [1.82, 2.24) is 10.1 Å². The Labute approximate surface area is 77.2 Å². The average molecular weight is 200 g/mol. The molecule has 0 saturated carbocycles. The van der Waals surface area contributed by atoms with Crippen LogP contribution >= 0.6 is 11.6 Å². The number of benzene rings is 1. The molecular formula is C7H3ClFN3O. The number of hydrogen-bond acceptors (Lipinski definition) is 3. The number of fused-ring (bicyclic) bond motifs is 1. The monoisotopic (exact) mass is 199 g/mol. The lowest BCUT2D eigenvalue weighted by atomic mass is 10.3. The lowest BCUT2D eigenvalue weighted by molar-refractivity contribution is -0.643. The average Bonchev–Trinajstić information content (AvgIpc) is 2.09. The third-order valence-corrected chi connectivity index (χ3v) is 1.87. The zero-order valence-electron chi connectivity index (χ0n) is 6.24. The van der Waals surface area contributed by atoms with Gasteiger partial charge < -0.3 is 5.21 Å². The van der Waals surface area contributed by atoms with Crippen LogP contribution < -0.4 is 4.85 Å². The Bertz CT molecular complexity index is 476. The standard InChI is InChI=1S/C7H3ClFN3O/c8-4-1-6-7(2-5(4)9)12(13)11-3-10-6/h1-3H. The van der Waals surface area contributed by atoms with Gasteiger partial charge in [0.25, 0.3) is 5.52 Å². The Balaban J connectivity index is 2.89. The molecule has 0 amide bonds. The fraction of sp³-hybridized carbons (Fsp3) is 0. The van der Waals surface area contributed by atoms with E-state index >= 15 is 0 Å². The normalized spacial score (nSPS) is 10.6. The maximum atomic E-state index is 12.9. The Morgan fingerprint density at radius 3 is 3.00 bits per heavy atom. The second-order valence-electron chi connectivity index (χ2n) is 2.39. The minimum Gasteiger partial charge on any atom is -0.594 e. The molecule has 0 bridgehead atoms. The van der Waals surface area contributed by atoms with E-state index < -0.39 is 5.82 Å². The van der Waals surface area contributed by atoms with Gasteiger partial charge in [0, 0.05) is 5.10 Å². The molecule has 66 valence electrons. The van der Waals surface area contributed by atoms with Gasteiger partial charge in [0.1, 0.15) is 11.3 Å². The first kappa shape index (κ1) is 8.12. The highest BCUT2D eigenvalue weighted by Crippen LogP contribution is 2.18. The lowest BCUT2D eigenvalue weighted by Crippen LogP contribution is -2.31. The molecule has 0 aliphatic rings. The van der Waals surface area contributed by atoms with Gasteiger partial charge in [-0.1, -0.05) is 11.6 Å². The fourth-order valence-electron chi connectivity index (χ4n) is 0.980. The molecule has 1 heterocycles. The van der Waals surface area contributed by atoms with Gasteiger partial charge in [0.2, 0.25) is 0 Å². The molecule has 0 atom stereocenters. The van der Waals surface area contributed by atoms with Crippen molar-refractivity contribution in [3.63, 3.8) is 0 Å². The van der Waals surface area contributed by atoms with Crippen molar-refractivity contribution >= 4 is 22.6 Å². The Kier molecular flexibility index (Phi) is 1.73. The zero-order chi connectivity index (χ0) is 9.42. The Morgan fingerprint density at radius 1 is 1.46 bits per heavy atom. The highest BCUT2D eigenvalue weighted by atomic mass is 35.5. The van der Waals surface area contributed by atoms with E-state index in [1.807, 2.05) is 0 Å². The van der Waals surface area contributed by atoms with Crippen LogP contribution in [0.3, 0.4) is 0 Å². The van der Waals surface area contributed by atoms with Gasteiger partial charge in [-0.2, -0.15) is 0 Å². The zero-order valence-corrected chi connectivity index (χ0v) is 6.99. The molecule has 4 nitrogen and oxygen atoms in total. The van der Waals surface area contributed by atoms with E-state index in [1.54, 1.807) is 0 Å².